The molecule has 22 heavy (non-hydrogen) atoms. The van der Waals surface area contributed by atoms with Gasteiger partial charge in [0.25, 0.3) is 0 Å². The van der Waals surface area contributed by atoms with Crippen LogP contribution < -0.4 is 16.4 Å². The van der Waals surface area contributed by atoms with Crippen LogP contribution in [0.5, 0.6) is 0 Å². The second kappa shape index (κ2) is 7.40. The van der Waals surface area contributed by atoms with E-state index in [1.54, 1.807) is 6.07 Å². The van der Waals surface area contributed by atoms with Crippen molar-refractivity contribution in [3.8, 4) is 0 Å². The highest BCUT2D eigenvalue weighted by molar-refractivity contribution is 5.94. The Morgan fingerprint density at radius 2 is 1.91 bits per heavy atom. The van der Waals surface area contributed by atoms with E-state index < -0.39 is 0 Å². The van der Waals surface area contributed by atoms with Crippen molar-refractivity contribution in [3.63, 3.8) is 0 Å². The van der Waals surface area contributed by atoms with Gasteiger partial charge in [0.15, 0.2) is 0 Å². The minimum atomic E-state index is -0.0814. The topological polar surface area (TPSA) is 84.2 Å². The van der Waals surface area contributed by atoms with Crippen LogP contribution in [0.3, 0.4) is 0 Å². The Hall–Kier alpha value is -1.88. The third-order valence-corrected chi connectivity index (χ3v) is 4.10. The molecular formula is C17H25N3O2. The maximum atomic E-state index is 12.1. The average Bonchev–Trinajstić information content (AvgIpc) is 2.84. The van der Waals surface area contributed by atoms with Crippen LogP contribution in [0.25, 0.3) is 0 Å². The summed E-state index contributed by atoms with van der Waals surface area (Å²) >= 11 is 0. The maximum Gasteiger partial charge on any atom is 0.226 e. The van der Waals surface area contributed by atoms with E-state index in [0.29, 0.717) is 17.8 Å². The summed E-state index contributed by atoms with van der Waals surface area (Å²) in [6.07, 6.45) is 3.60. The minimum absolute atomic E-state index is 0.0188. The van der Waals surface area contributed by atoms with E-state index in [-0.39, 0.29) is 29.7 Å². The molecule has 0 bridgehead atoms. The number of nitrogens with one attached hydrogen (secondary N) is 2. The van der Waals surface area contributed by atoms with Crippen molar-refractivity contribution >= 4 is 23.2 Å². The fourth-order valence-electron chi connectivity index (χ4n) is 2.73. The molecule has 2 rings (SSSR count). The zero-order chi connectivity index (χ0) is 16.1. The molecule has 1 aliphatic carbocycles. The Labute approximate surface area is 131 Å². The summed E-state index contributed by atoms with van der Waals surface area (Å²) in [5, 5.41) is 5.71. The summed E-state index contributed by atoms with van der Waals surface area (Å²) in [5.74, 6) is 0.140. The molecule has 0 radical (unpaired) electrons. The molecule has 4 N–H and O–H groups in total. The average molecular weight is 303 g/mol. The van der Waals surface area contributed by atoms with Crippen LogP contribution in [-0.2, 0) is 9.59 Å². The number of hydrogen-bond donors (Lipinski definition) is 3. The van der Waals surface area contributed by atoms with E-state index in [9.17, 15) is 9.59 Å². The first kappa shape index (κ1) is 16.5. The molecule has 0 unspecified atom stereocenters. The van der Waals surface area contributed by atoms with Crippen molar-refractivity contribution < 1.29 is 9.59 Å². The van der Waals surface area contributed by atoms with E-state index in [2.05, 4.69) is 10.6 Å². The van der Waals surface area contributed by atoms with Gasteiger partial charge < -0.3 is 16.4 Å². The van der Waals surface area contributed by atoms with Crippen molar-refractivity contribution in [2.75, 3.05) is 10.6 Å². The zero-order valence-electron chi connectivity index (χ0n) is 13.3. The molecular weight excluding hydrogens is 278 g/mol. The molecule has 0 heterocycles. The highest BCUT2D eigenvalue weighted by Crippen LogP contribution is 2.27. The van der Waals surface area contributed by atoms with Gasteiger partial charge in [0, 0.05) is 29.8 Å². The lowest BCUT2D eigenvalue weighted by molar-refractivity contribution is -0.119. The molecule has 0 spiro atoms. The number of carbonyl (C=O) groups excluding carboxylic acids is 2. The molecule has 0 saturated heterocycles. The molecule has 120 valence electrons. The van der Waals surface area contributed by atoms with E-state index >= 15 is 0 Å². The second-order valence-electron chi connectivity index (χ2n) is 6.33. The van der Waals surface area contributed by atoms with E-state index in [4.69, 9.17) is 5.73 Å². The summed E-state index contributed by atoms with van der Waals surface area (Å²) in [6, 6.07) is 7.35. The Morgan fingerprint density at radius 1 is 1.23 bits per heavy atom. The smallest absolute Gasteiger partial charge is 0.226 e. The highest BCUT2D eigenvalue weighted by atomic mass is 16.2. The number of anilines is 2. The van der Waals surface area contributed by atoms with Gasteiger partial charge in [-0.1, -0.05) is 26.3 Å². The zero-order valence-corrected chi connectivity index (χ0v) is 13.3. The van der Waals surface area contributed by atoms with E-state index in [1.807, 2.05) is 32.0 Å². The Morgan fingerprint density at radius 3 is 2.50 bits per heavy atom. The Kier molecular flexibility index (Phi) is 5.55. The predicted molar refractivity (Wildman–Crippen MR) is 88.5 cm³/mol. The van der Waals surface area contributed by atoms with Gasteiger partial charge in [-0.25, -0.2) is 0 Å². The summed E-state index contributed by atoms with van der Waals surface area (Å²) < 4.78 is 0. The third kappa shape index (κ3) is 4.56. The number of benzene rings is 1. The van der Waals surface area contributed by atoms with Crippen LogP contribution in [-0.4, -0.2) is 17.9 Å². The maximum absolute atomic E-state index is 12.1. The SMILES string of the molecule is CC(C)C(=O)Nc1cccc(NC(=O)C[C@@H]2CCC[C@H]2N)c1. The number of carbonyl (C=O) groups is 2. The van der Waals surface area contributed by atoms with Crippen LogP contribution in [0.15, 0.2) is 24.3 Å². The quantitative estimate of drug-likeness (QED) is 0.782. The molecule has 1 fully saturated rings. The van der Waals surface area contributed by atoms with Gasteiger partial charge in [-0.2, -0.15) is 0 Å². The van der Waals surface area contributed by atoms with Gasteiger partial charge in [0.05, 0.1) is 0 Å². The molecule has 0 aromatic heterocycles. The lowest BCUT2D eigenvalue weighted by Crippen LogP contribution is -2.28. The minimum Gasteiger partial charge on any atom is -0.327 e. The second-order valence-corrected chi connectivity index (χ2v) is 6.33. The monoisotopic (exact) mass is 303 g/mol. The van der Waals surface area contributed by atoms with Crippen LogP contribution in [0.1, 0.15) is 39.5 Å². The van der Waals surface area contributed by atoms with Crippen molar-refractivity contribution in [2.45, 2.75) is 45.6 Å². The highest BCUT2D eigenvalue weighted by Gasteiger charge is 2.26. The summed E-state index contributed by atoms with van der Waals surface area (Å²) in [5.41, 5.74) is 7.38. The molecule has 5 nitrogen and oxygen atoms in total. The van der Waals surface area contributed by atoms with Crippen LogP contribution in [0.2, 0.25) is 0 Å². The van der Waals surface area contributed by atoms with E-state index in [0.717, 1.165) is 19.3 Å². The van der Waals surface area contributed by atoms with Crippen molar-refractivity contribution in [3.05, 3.63) is 24.3 Å². The fourth-order valence-corrected chi connectivity index (χ4v) is 2.73. The number of hydrogen-bond acceptors (Lipinski definition) is 3. The van der Waals surface area contributed by atoms with Crippen LogP contribution in [0.4, 0.5) is 11.4 Å². The molecule has 1 aromatic carbocycles. The largest absolute Gasteiger partial charge is 0.327 e. The summed E-state index contributed by atoms with van der Waals surface area (Å²) in [4.78, 5) is 23.8. The van der Waals surface area contributed by atoms with Gasteiger partial charge in [0.2, 0.25) is 11.8 Å². The molecule has 2 amide bonds. The Bertz CT molecular complexity index is 542. The Balaban J connectivity index is 1.92. The van der Waals surface area contributed by atoms with Crippen molar-refractivity contribution in [1.82, 2.24) is 0 Å². The van der Waals surface area contributed by atoms with Gasteiger partial charge in [-0.3, -0.25) is 9.59 Å². The summed E-state index contributed by atoms with van der Waals surface area (Å²) in [7, 11) is 0. The van der Waals surface area contributed by atoms with Gasteiger partial charge in [-0.15, -0.1) is 0 Å². The van der Waals surface area contributed by atoms with Crippen LogP contribution in [0, 0.1) is 11.8 Å². The predicted octanol–water partition coefficient (Wildman–Crippen LogP) is 2.74. The number of nitrogens with two attached hydrogens (primary N) is 1. The van der Waals surface area contributed by atoms with Gasteiger partial charge in [-0.05, 0) is 37.0 Å². The van der Waals surface area contributed by atoms with Crippen LogP contribution >= 0.6 is 0 Å². The lowest BCUT2D eigenvalue weighted by atomic mass is 10.00. The van der Waals surface area contributed by atoms with Crippen molar-refractivity contribution in [2.24, 2.45) is 17.6 Å². The standard InChI is InChI=1S/C17H25N3O2/c1-11(2)17(22)20-14-7-4-6-13(10-14)19-16(21)9-12-5-3-8-15(12)18/h4,6-7,10-12,15H,3,5,8-9,18H2,1-2H3,(H,19,21)(H,20,22)/t12-,15+/m0/s1. The molecule has 1 saturated carbocycles. The molecule has 1 aromatic rings. The van der Waals surface area contributed by atoms with E-state index in [1.165, 1.54) is 0 Å². The lowest BCUT2D eigenvalue weighted by Gasteiger charge is -2.15. The molecule has 0 aliphatic heterocycles. The molecule has 1 aliphatic rings. The molecule has 2 atom stereocenters. The first-order valence-corrected chi connectivity index (χ1v) is 7.92. The van der Waals surface area contributed by atoms with Gasteiger partial charge >= 0.3 is 0 Å². The number of amides is 2. The first-order valence-electron chi connectivity index (χ1n) is 7.92. The first-order chi connectivity index (χ1) is 10.5. The summed E-state index contributed by atoms with van der Waals surface area (Å²) in [6.45, 7) is 3.68. The number of rotatable bonds is 5. The van der Waals surface area contributed by atoms with Gasteiger partial charge in [0.1, 0.15) is 0 Å². The third-order valence-electron chi connectivity index (χ3n) is 4.10. The fraction of sp³-hybridized carbons (Fsp3) is 0.529. The normalized spacial score (nSPS) is 20.9. The van der Waals surface area contributed by atoms with Crippen molar-refractivity contribution in [1.29, 1.82) is 0 Å². The molecule has 5 heteroatoms.